The van der Waals surface area contributed by atoms with E-state index in [2.05, 4.69) is 11.6 Å². The van der Waals surface area contributed by atoms with Crippen LogP contribution < -0.4 is 4.74 Å². The van der Waals surface area contributed by atoms with Crippen molar-refractivity contribution in [1.29, 1.82) is 0 Å². The Morgan fingerprint density at radius 1 is 1.21 bits per heavy atom. The lowest BCUT2D eigenvalue weighted by molar-refractivity contribution is 0.0324. The highest BCUT2D eigenvalue weighted by molar-refractivity contribution is 5.84. The van der Waals surface area contributed by atoms with Gasteiger partial charge in [-0.1, -0.05) is 44.2 Å². The van der Waals surface area contributed by atoms with Gasteiger partial charge in [0.1, 0.15) is 17.4 Å². The Kier molecular flexibility index (Phi) is 8.91. The summed E-state index contributed by atoms with van der Waals surface area (Å²) in [5, 5.41) is 12.3. The zero-order valence-electron chi connectivity index (χ0n) is 20.0. The van der Waals surface area contributed by atoms with Gasteiger partial charge in [0.15, 0.2) is 0 Å². The number of benzene rings is 2. The first kappa shape index (κ1) is 25.5. The summed E-state index contributed by atoms with van der Waals surface area (Å²) >= 11 is 0. The number of aliphatic hydroxyl groups excluding tert-OH is 1. The van der Waals surface area contributed by atoms with E-state index in [1.165, 1.54) is 18.2 Å². The Hall–Kier alpha value is -3.09. The Labute approximate surface area is 200 Å². The van der Waals surface area contributed by atoms with E-state index in [1.807, 2.05) is 43.0 Å². The summed E-state index contributed by atoms with van der Waals surface area (Å²) in [5.41, 5.74) is 2.61. The third-order valence-electron chi connectivity index (χ3n) is 6.10. The van der Waals surface area contributed by atoms with Crippen molar-refractivity contribution in [3.8, 4) is 5.75 Å². The third-order valence-corrected chi connectivity index (χ3v) is 6.10. The lowest BCUT2D eigenvalue weighted by Gasteiger charge is -2.40. The average Bonchev–Trinajstić information content (AvgIpc) is 2.87. The number of allylic oxidation sites excluding steroid dienone is 2. The van der Waals surface area contributed by atoms with Crippen LogP contribution in [0.3, 0.4) is 0 Å². The maximum absolute atomic E-state index is 14.4. The first-order valence-electron chi connectivity index (χ1n) is 11.6. The molecule has 180 valence electrons. The van der Waals surface area contributed by atoms with Crippen LogP contribution in [-0.2, 0) is 6.54 Å². The highest BCUT2D eigenvalue weighted by Crippen LogP contribution is 2.36. The van der Waals surface area contributed by atoms with Crippen molar-refractivity contribution in [3.05, 3.63) is 95.7 Å². The van der Waals surface area contributed by atoms with Crippen LogP contribution in [0.5, 0.6) is 5.75 Å². The summed E-state index contributed by atoms with van der Waals surface area (Å²) in [6.45, 7) is 8.43. The molecule has 2 aromatic carbocycles. The van der Waals surface area contributed by atoms with E-state index in [0.717, 1.165) is 22.9 Å². The van der Waals surface area contributed by atoms with Crippen LogP contribution in [-0.4, -0.2) is 34.7 Å². The van der Waals surface area contributed by atoms with Gasteiger partial charge in [-0.2, -0.15) is 0 Å². The van der Waals surface area contributed by atoms with Crippen molar-refractivity contribution in [2.24, 2.45) is 0 Å². The number of hydrogen-bond acceptors (Lipinski definition) is 4. The molecule has 2 heterocycles. The molecule has 1 aromatic heterocycles. The minimum Gasteiger partial charge on any atom is -0.497 e. The van der Waals surface area contributed by atoms with Gasteiger partial charge in [0.25, 0.3) is 0 Å². The molecule has 1 N–H and O–H groups in total. The molecule has 6 heteroatoms. The maximum atomic E-state index is 14.4. The van der Waals surface area contributed by atoms with Crippen LogP contribution in [0.1, 0.15) is 43.9 Å². The van der Waals surface area contributed by atoms with Gasteiger partial charge in [-0.05, 0) is 54.8 Å². The molecule has 0 amide bonds. The summed E-state index contributed by atoms with van der Waals surface area (Å²) in [5.74, 6) is -0.491. The fraction of sp³-hybridized carbons (Fsp3) is 0.321. The second-order valence-electron chi connectivity index (χ2n) is 7.98. The summed E-state index contributed by atoms with van der Waals surface area (Å²) in [7, 11) is 1.59. The standard InChI is InChI=1S/C26H26F2N2O2.C2H6/c1-3-5-17-11-13-30(16-21-22(27)6-4-7-23(21)28)25(14-17)26(31)19-10-12-29-24-9-8-18(32-2)15-20(19)24;1-2/h3-10,12,15,25-26,31H,1,11,13-14,16H2,2H3;1-2H3/b17-5-;. The molecule has 0 aliphatic carbocycles. The molecule has 0 radical (unpaired) electrons. The van der Waals surface area contributed by atoms with Crippen LogP contribution in [0.25, 0.3) is 10.9 Å². The fourth-order valence-corrected chi connectivity index (χ4v) is 4.40. The topological polar surface area (TPSA) is 45.6 Å². The molecule has 0 spiro atoms. The maximum Gasteiger partial charge on any atom is 0.130 e. The number of aliphatic hydroxyl groups is 1. The Balaban J connectivity index is 0.00000158. The van der Waals surface area contributed by atoms with Gasteiger partial charge in [0.2, 0.25) is 0 Å². The number of hydrogen-bond donors (Lipinski definition) is 1. The lowest BCUT2D eigenvalue weighted by Crippen LogP contribution is -2.43. The first-order chi connectivity index (χ1) is 16.5. The normalized spacial score (nSPS) is 18.3. The molecule has 1 fully saturated rings. The molecule has 3 aromatic rings. The molecule has 34 heavy (non-hydrogen) atoms. The van der Waals surface area contributed by atoms with Crippen LogP contribution in [0.2, 0.25) is 0 Å². The molecular formula is C28H32F2N2O2. The molecule has 0 saturated carbocycles. The van der Waals surface area contributed by atoms with E-state index in [9.17, 15) is 13.9 Å². The lowest BCUT2D eigenvalue weighted by atomic mass is 9.88. The van der Waals surface area contributed by atoms with Crippen LogP contribution >= 0.6 is 0 Å². The number of pyridine rings is 1. The summed E-state index contributed by atoms with van der Waals surface area (Å²) in [4.78, 5) is 6.35. The number of rotatable bonds is 6. The zero-order chi connectivity index (χ0) is 24.7. The van der Waals surface area contributed by atoms with E-state index in [-0.39, 0.29) is 18.2 Å². The molecule has 1 saturated heterocycles. The molecule has 2 unspecified atom stereocenters. The third kappa shape index (κ3) is 5.51. The van der Waals surface area contributed by atoms with E-state index in [4.69, 9.17) is 4.74 Å². The zero-order valence-corrected chi connectivity index (χ0v) is 20.0. The number of fused-ring (bicyclic) bond motifs is 1. The number of nitrogens with zero attached hydrogens (tertiary/aromatic N) is 2. The minimum absolute atomic E-state index is 0.0158. The summed E-state index contributed by atoms with van der Waals surface area (Å²) < 4.78 is 34.1. The van der Waals surface area contributed by atoms with Crippen molar-refractivity contribution in [3.63, 3.8) is 0 Å². The van der Waals surface area contributed by atoms with Crippen molar-refractivity contribution in [2.75, 3.05) is 13.7 Å². The minimum atomic E-state index is -0.893. The quantitative estimate of drug-likeness (QED) is 0.459. The van der Waals surface area contributed by atoms with Crippen LogP contribution in [0, 0.1) is 11.6 Å². The van der Waals surface area contributed by atoms with Gasteiger partial charge >= 0.3 is 0 Å². The van der Waals surface area contributed by atoms with E-state index in [0.29, 0.717) is 24.3 Å². The first-order valence-corrected chi connectivity index (χ1v) is 11.6. The fourth-order valence-electron chi connectivity index (χ4n) is 4.40. The molecule has 4 nitrogen and oxygen atoms in total. The Bertz CT molecular complexity index is 1140. The molecule has 1 aliphatic rings. The van der Waals surface area contributed by atoms with Crippen molar-refractivity contribution in [2.45, 2.75) is 45.4 Å². The Morgan fingerprint density at radius 2 is 1.94 bits per heavy atom. The van der Waals surface area contributed by atoms with Gasteiger partial charge in [0.05, 0.1) is 18.7 Å². The Morgan fingerprint density at radius 3 is 2.62 bits per heavy atom. The molecule has 1 aliphatic heterocycles. The number of ether oxygens (including phenoxy) is 1. The highest BCUT2D eigenvalue weighted by Gasteiger charge is 2.33. The van der Waals surface area contributed by atoms with Gasteiger partial charge in [-0.15, -0.1) is 0 Å². The number of aromatic nitrogens is 1. The summed E-state index contributed by atoms with van der Waals surface area (Å²) in [6.07, 6.45) is 5.77. The second-order valence-corrected chi connectivity index (χ2v) is 7.98. The van der Waals surface area contributed by atoms with Crippen molar-refractivity contribution >= 4 is 10.9 Å². The summed E-state index contributed by atoms with van der Waals surface area (Å²) in [6, 6.07) is 10.8. The predicted molar refractivity (Wildman–Crippen MR) is 133 cm³/mol. The smallest absolute Gasteiger partial charge is 0.130 e. The number of piperidine rings is 1. The van der Waals surface area contributed by atoms with E-state index >= 15 is 0 Å². The molecule has 2 atom stereocenters. The number of likely N-dealkylation sites (tertiary alicyclic amines) is 1. The van der Waals surface area contributed by atoms with Gasteiger partial charge in [-0.25, -0.2) is 8.78 Å². The van der Waals surface area contributed by atoms with Crippen molar-refractivity contribution < 1.29 is 18.6 Å². The van der Waals surface area contributed by atoms with Gasteiger partial charge in [0, 0.05) is 36.3 Å². The molecule has 4 rings (SSSR count). The SMILES string of the molecule is C=C/C=C1/CCN(Cc2c(F)cccc2F)C(C(O)c2ccnc3ccc(OC)cc23)C1.CC. The van der Waals surface area contributed by atoms with Gasteiger partial charge < -0.3 is 9.84 Å². The van der Waals surface area contributed by atoms with Crippen molar-refractivity contribution in [1.82, 2.24) is 9.88 Å². The van der Waals surface area contributed by atoms with E-state index in [1.54, 1.807) is 25.4 Å². The largest absolute Gasteiger partial charge is 0.497 e. The molecule has 0 bridgehead atoms. The highest BCUT2D eigenvalue weighted by atomic mass is 19.1. The second kappa shape index (κ2) is 11.9. The van der Waals surface area contributed by atoms with Crippen LogP contribution in [0.4, 0.5) is 8.78 Å². The molecular weight excluding hydrogens is 434 g/mol. The number of halogens is 2. The predicted octanol–water partition coefficient (Wildman–Crippen LogP) is 6.36. The van der Waals surface area contributed by atoms with Crippen LogP contribution in [0.15, 0.2) is 73.0 Å². The van der Waals surface area contributed by atoms with Gasteiger partial charge in [-0.3, -0.25) is 9.88 Å². The average molecular weight is 467 g/mol. The van der Waals surface area contributed by atoms with E-state index < -0.39 is 17.7 Å². The monoisotopic (exact) mass is 466 g/mol. The number of methoxy groups -OCH3 is 1.